The van der Waals surface area contributed by atoms with Gasteiger partial charge in [-0.05, 0) is 30.5 Å². The third kappa shape index (κ3) is 3.69. The second-order valence-corrected chi connectivity index (χ2v) is 8.92. The maximum atomic E-state index is 13.0. The molecule has 166 valence electrons. The van der Waals surface area contributed by atoms with Crippen LogP contribution in [0, 0.1) is 0 Å². The highest BCUT2D eigenvalue weighted by molar-refractivity contribution is 7.85. The molecule has 31 heavy (non-hydrogen) atoms. The van der Waals surface area contributed by atoms with Crippen molar-refractivity contribution in [2.24, 2.45) is 12.8 Å². The second kappa shape index (κ2) is 7.68. The summed E-state index contributed by atoms with van der Waals surface area (Å²) >= 11 is 0. The van der Waals surface area contributed by atoms with Crippen LogP contribution in [0.1, 0.15) is 30.9 Å². The number of fused-ring (bicyclic) bond motifs is 1. The topological polar surface area (TPSA) is 135 Å². The van der Waals surface area contributed by atoms with Crippen molar-refractivity contribution in [3.8, 4) is 11.5 Å². The number of aromatic nitrogens is 4. The van der Waals surface area contributed by atoms with Gasteiger partial charge in [-0.3, -0.25) is 14.0 Å². The van der Waals surface area contributed by atoms with Crippen LogP contribution in [0.3, 0.4) is 0 Å². The predicted octanol–water partition coefficient (Wildman–Crippen LogP) is 1.87. The fourth-order valence-corrected chi connectivity index (χ4v) is 4.38. The number of hydrogen-bond donors (Lipinski definition) is 1. The number of primary amides is 1. The van der Waals surface area contributed by atoms with Gasteiger partial charge in [-0.15, -0.1) is 0 Å². The quantitative estimate of drug-likeness (QED) is 0.627. The maximum Gasteiger partial charge on any atom is 0.417 e. The van der Waals surface area contributed by atoms with E-state index in [4.69, 9.17) is 5.73 Å². The number of imidazole rings is 1. The first-order valence-corrected chi connectivity index (χ1v) is 10.5. The van der Waals surface area contributed by atoms with Crippen molar-refractivity contribution in [2.45, 2.75) is 36.3 Å². The molecule has 0 aliphatic heterocycles. The zero-order chi connectivity index (χ0) is 21.8. The molecule has 0 saturated heterocycles. The van der Waals surface area contributed by atoms with Gasteiger partial charge in [0.15, 0.2) is 11.5 Å². The van der Waals surface area contributed by atoms with Crippen LogP contribution in [0.2, 0.25) is 0 Å². The summed E-state index contributed by atoms with van der Waals surface area (Å²) in [5.41, 5.74) is 4.99. The van der Waals surface area contributed by atoms with Gasteiger partial charge in [-0.25, -0.2) is 9.97 Å². The summed E-state index contributed by atoms with van der Waals surface area (Å²) in [6, 6.07) is 2.57. The van der Waals surface area contributed by atoms with Crippen LogP contribution in [-0.4, -0.2) is 40.9 Å². The summed E-state index contributed by atoms with van der Waals surface area (Å²) < 4.78 is 53.3. The standard InChI is InChI=1S/C19H18F3N5O2S.H2O/c1-3-30(29)13-7-10(18(4-5-18)17(23)28)8-24-14(13)16-26-12-6-11(19(20,21)22)9-25-15(12)27(16)2;/h6-9H,3-5H2,1-2H3,(H2,23,28);1H2. The number of nitrogens with two attached hydrogens (primary N) is 1. The molecular weight excluding hydrogens is 435 g/mol. The van der Waals surface area contributed by atoms with E-state index in [9.17, 15) is 22.2 Å². The summed E-state index contributed by atoms with van der Waals surface area (Å²) in [7, 11) is 0.152. The molecule has 4 N–H and O–H groups in total. The first-order valence-electron chi connectivity index (χ1n) is 9.17. The van der Waals surface area contributed by atoms with Crippen molar-refractivity contribution >= 4 is 27.9 Å². The molecule has 12 heteroatoms. The minimum atomic E-state index is -4.54. The number of nitrogens with zero attached hydrogens (tertiary/aromatic N) is 4. The smallest absolute Gasteiger partial charge is 0.412 e. The molecule has 1 unspecified atom stereocenters. The Bertz CT molecular complexity index is 1200. The molecule has 0 aromatic carbocycles. The SMILES string of the molecule is CCS(=O)c1cc(C2(C(N)=O)CC2)cnc1-c1nc2cc(C(F)(F)F)cnc2n1C.O. The van der Waals surface area contributed by atoms with Crippen LogP contribution < -0.4 is 5.73 Å². The van der Waals surface area contributed by atoms with Gasteiger partial charge < -0.3 is 15.8 Å². The zero-order valence-corrected chi connectivity index (χ0v) is 17.5. The highest BCUT2D eigenvalue weighted by atomic mass is 32.2. The van der Waals surface area contributed by atoms with Gasteiger partial charge in [0.1, 0.15) is 11.2 Å². The number of halogens is 3. The van der Waals surface area contributed by atoms with Gasteiger partial charge in [0.25, 0.3) is 0 Å². The van der Waals surface area contributed by atoms with Crippen molar-refractivity contribution in [2.75, 3.05) is 5.75 Å². The van der Waals surface area contributed by atoms with Crippen LogP contribution in [0.25, 0.3) is 22.7 Å². The van der Waals surface area contributed by atoms with Crippen molar-refractivity contribution in [1.82, 2.24) is 19.5 Å². The van der Waals surface area contributed by atoms with Gasteiger partial charge in [0, 0.05) is 25.2 Å². The van der Waals surface area contributed by atoms with Crippen molar-refractivity contribution in [3.05, 3.63) is 35.7 Å². The van der Waals surface area contributed by atoms with E-state index in [1.54, 1.807) is 20.0 Å². The lowest BCUT2D eigenvalue weighted by molar-refractivity contribution is -0.137. The molecular formula is C19H20F3N5O3S. The third-order valence-corrected chi connectivity index (χ3v) is 6.71. The van der Waals surface area contributed by atoms with Gasteiger partial charge in [0.2, 0.25) is 5.91 Å². The van der Waals surface area contributed by atoms with E-state index in [1.807, 2.05) is 0 Å². The number of carbonyl (C=O) groups is 1. The molecule has 1 fully saturated rings. The van der Waals surface area contributed by atoms with Crippen LogP contribution in [0.15, 0.2) is 29.4 Å². The normalized spacial score (nSPS) is 16.0. The number of amides is 1. The highest BCUT2D eigenvalue weighted by Gasteiger charge is 2.50. The molecule has 3 aromatic heterocycles. The second-order valence-electron chi connectivity index (χ2n) is 7.21. The highest BCUT2D eigenvalue weighted by Crippen LogP contribution is 2.48. The zero-order valence-electron chi connectivity index (χ0n) is 16.7. The maximum absolute atomic E-state index is 13.0. The van der Waals surface area contributed by atoms with Crippen LogP contribution >= 0.6 is 0 Å². The third-order valence-electron chi connectivity index (χ3n) is 5.38. The summed E-state index contributed by atoms with van der Waals surface area (Å²) in [4.78, 5) is 24.8. The Morgan fingerprint density at radius 3 is 2.48 bits per heavy atom. The minimum Gasteiger partial charge on any atom is -0.412 e. The average molecular weight is 455 g/mol. The number of rotatable bonds is 5. The monoisotopic (exact) mass is 455 g/mol. The van der Waals surface area contributed by atoms with Crippen LogP contribution in [0.5, 0.6) is 0 Å². The largest absolute Gasteiger partial charge is 0.417 e. The molecule has 0 radical (unpaired) electrons. The Hall–Kier alpha value is -2.86. The minimum absolute atomic E-state index is 0. The first kappa shape index (κ1) is 22.8. The Morgan fingerprint density at radius 2 is 1.94 bits per heavy atom. The molecule has 1 amide bonds. The van der Waals surface area contributed by atoms with E-state index in [0.29, 0.717) is 29.1 Å². The van der Waals surface area contributed by atoms with E-state index in [0.717, 1.165) is 12.3 Å². The lowest BCUT2D eigenvalue weighted by Gasteiger charge is -2.14. The van der Waals surface area contributed by atoms with Gasteiger partial charge in [-0.1, -0.05) is 6.92 Å². The van der Waals surface area contributed by atoms with Crippen molar-refractivity contribution < 1.29 is 27.7 Å². The van der Waals surface area contributed by atoms with E-state index < -0.39 is 33.9 Å². The Labute approximate surface area is 177 Å². The fraction of sp³-hybridized carbons (Fsp3) is 0.368. The Kier molecular flexibility index (Phi) is 5.65. The average Bonchev–Trinajstić information content (AvgIpc) is 3.46. The van der Waals surface area contributed by atoms with E-state index >= 15 is 0 Å². The number of pyridine rings is 2. The molecule has 1 saturated carbocycles. The summed E-state index contributed by atoms with van der Waals surface area (Å²) in [5.74, 6) is 0.0725. The lowest BCUT2D eigenvalue weighted by Crippen LogP contribution is -2.28. The molecule has 8 nitrogen and oxygen atoms in total. The lowest BCUT2D eigenvalue weighted by atomic mass is 9.97. The molecule has 3 heterocycles. The van der Waals surface area contributed by atoms with E-state index in [-0.39, 0.29) is 28.2 Å². The summed E-state index contributed by atoms with van der Waals surface area (Å²) in [5, 5.41) is 0. The number of hydrogen-bond acceptors (Lipinski definition) is 5. The molecule has 0 spiro atoms. The van der Waals surface area contributed by atoms with Crippen LogP contribution in [0.4, 0.5) is 13.2 Å². The van der Waals surface area contributed by atoms with E-state index in [2.05, 4.69) is 15.0 Å². The van der Waals surface area contributed by atoms with Crippen molar-refractivity contribution in [3.63, 3.8) is 0 Å². The molecule has 1 aliphatic carbocycles. The number of alkyl halides is 3. The van der Waals surface area contributed by atoms with Gasteiger partial charge >= 0.3 is 6.18 Å². The molecule has 4 rings (SSSR count). The summed E-state index contributed by atoms with van der Waals surface area (Å²) in [6.45, 7) is 1.74. The predicted molar refractivity (Wildman–Crippen MR) is 107 cm³/mol. The number of aryl methyl sites for hydroxylation is 1. The van der Waals surface area contributed by atoms with E-state index in [1.165, 1.54) is 10.8 Å². The fourth-order valence-electron chi connectivity index (χ4n) is 3.45. The molecule has 1 atom stereocenters. The van der Waals surface area contributed by atoms with Gasteiger partial charge in [-0.2, -0.15) is 13.2 Å². The first-order chi connectivity index (χ1) is 14.1. The number of carbonyl (C=O) groups excluding carboxylic acids is 1. The Morgan fingerprint density at radius 1 is 1.26 bits per heavy atom. The van der Waals surface area contributed by atoms with Gasteiger partial charge in [0.05, 0.1) is 26.7 Å². The summed E-state index contributed by atoms with van der Waals surface area (Å²) in [6.07, 6.45) is -1.10. The molecule has 0 bridgehead atoms. The molecule has 1 aliphatic rings. The van der Waals surface area contributed by atoms with Crippen LogP contribution in [-0.2, 0) is 34.2 Å². The Balaban J connectivity index is 0.00000272. The molecule has 3 aromatic rings. The van der Waals surface area contributed by atoms with Crippen molar-refractivity contribution in [1.29, 1.82) is 0 Å².